The number of rotatable bonds is 8. The second-order valence-corrected chi connectivity index (χ2v) is 10.1. The number of sulfonamides is 1. The second-order valence-electron chi connectivity index (χ2n) is 7.31. The lowest BCUT2D eigenvalue weighted by atomic mass is 9.97. The summed E-state index contributed by atoms with van der Waals surface area (Å²) in [6.07, 6.45) is 2.53. The van der Waals surface area contributed by atoms with E-state index >= 15 is 0 Å². The SMILES string of the molecule is CC(=O)Nc1ccc(S(=O)(=O)N2CCC(C(=O)NCCC(=O)Nc3nccs3)CC2)cc1. The van der Waals surface area contributed by atoms with Crippen molar-refractivity contribution in [2.24, 2.45) is 5.92 Å². The van der Waals surface area contributed by atoms with Crippen molar-refractivity contribution in [3.05, 3.63) is 35.8 Å². The van der Waals surface area contributed by atoms with E-state index in [1.54, 1.807) is 23.7 Å². The zero-order valence-electron chi connectivity index (χ0n) is 17.5. The van der Waals surface area contributed by atoms with Crippen molar-refractivity contribution in [2.45, 2.75) is 31.1 Å². The number of carbonyl (C=O) groups is 3. The first-order chi connectivity index (χ1) is 15.3. The fourth-order valence-electron chi connectivity index (χ4n) is 3.33. The van der Waals surface area contributed by atoms with Gasteiger partial charge in [-0.15, -0.1) is 11.3 Å². The van der Waals surface area contributed by atoms with Gasteiger partial charge in [0.1, 0.15) is 0 Å². The van der Waals surface area contributed by atoms with E-state index in [-0.39, 0.29) is 54.6 Å². The van der Waals surface area contributed by atoms with Crippen LogP contribution in [0.15, 0.2) is 40.7 Å². The molecule has 10 nitrogen and oxygen atoms in total. The lowest BCUT2D eigenvalue weighted by Crippen LogP contribution is -2.43. The van der Waals surface area contributed by atoms with Gasteiger partial charge in [0, 0.05) is 56.2 Å². The minimum absolute atomic E-state index is 0.132. The summed E-state index contributed by atoms with van der Waals surface area (Å²) < 4.78 is 27.1. The Morgan fingerprint density at radius 3 is 2.41 bits per heavy atom. The molecular weight excluding hydrogens is 454 g/mol. The number of hydrogen-bond donors (Lipinski definition) is 3. The van der Waals surface area contributed by atoms with Crippen molar-refractivity contribution >= 4 is 49.9 Å². The molecular formula is C20H25N5O5S2. The largest absolute Gasteiger partial charge is 0.355 e. The third-order valence-electron chi connectivity index (χ3n) is 4.97. The van der Waals surface area contributed by atoms with Gasteiger partial charge in [-0.2, -0.15) is 4.31 Å². The molecule has 3 rings (SSSR count). The Morgan fingerprint density at radius 2 is 1.81 bits per heavy atom. The minimum Gasteiger partial charge on any atom is -0.355 e. The molecule has 0 unspecified atom stereocenters. The molecule has 0 atom stereocenters. The summed E-state index contributed by atoms with van der Waals surface area (Å²) in [6.45, 7) is 2.05. The van der Waals surface area contributed by atoms with E-state index in [9.17, 15) is 22.8 Å². The van der Waals surface area contributed by atoms with E-state index in [0.29, 0.717) is 23.7 Å². The van der Waals surface area contributed by atoms with Crippen LogP contribution in [-0.4, -0.2) is 55.1 Å². The standard InChI is InChI=1S/C20H25N5O5S2/c1-14(26)23-16-2-4-17(5-3-16)32(29,30)25-11-7-15(8-12-25)19(28)21-9-6-18(27)24-20-22-10-13-31-20/h2-5,10,13,15H,6-9,11-12H2,1H3,(H,21,28)(H,23,26)(H,22,24,27). The number of aromatic nitrogens is 1. The van der Waals surface area contributed by atoms with Gasteiger partial charge in [0.05, 0.1) is 4.90 Å². The zero-order chi connectivity index (χ0) is 23.1. The summed E-state index contributed by atoms with van der Waals surface area (Å²) in [7, 11) is -3.68. The predicted octanol–water partition coefficient (Wildman–Crippen LogP) is 1.65. The number of hydrogen-bond acceptors (Lipinski definition) is 7. The Morgan fingerprint density at radius 1 is 1.12 bits per heavy atom. The molecule has 1 aliphatic heterocycles. The monoisotopic (exact) mass is 479 g/mol. The van der Waals surface area contributed by atoms with Crippen molar-refractivity contribution in [2.75, 3.05) is 30.3 Å². The van der Waals surface area contributed by atoms with E-state index in [4.69, 9.17) is 0 Å². The quantitative estimate of drug-likeness (QED) is 0.526. The van der Waals surface area contributed by atoms with Crippen LogP contribution in [0.3, 0.4) is 0 Å². The molecule has 3 amide bonds. The van der Waals surface area contributed by atoms with Gasteiger partial charge in [0.2, 0.25) is 27.7 Å². The molecule has 1 saturated heterocycles. The Bertz CT molecular complexity index is 1050. The van der Waals surface area contributed by atoms with Gasteiger partial charge >= 0.3 is 0 Å². The average Bonchev–Trinajstić information content (AvgIpc) is 3.26. The molecule has 0 spiro atoms. The van der Waals surface area contributed by atoms with Crippen molar-refractivity contribution < 1.29 is 22.8 Å². The minimum atomic E-state index is -3.68. The summed E-state index contributed by atoms with van der Waals surface area (Å²) in [6, 6.07) is 5.99. The highest BCUT2D eigenvalue weighted by molar-refractivity contribution is 7.89. The number of nitrogens with one attached hydrogen (secondary N) is 3. The van der Waals surface area contributed by atoms with Gasteiger partial charge in [0.15, 0.2) is 5.13 Å². The smallest absolute Gasteiger partial charge is 0.243 e. The summed E-state index contributed by atoms with van der Waals surface area (Å²) in [5, 5.41) is 10.3. The summed E-state index contributed by atoms with van der Waals surface area (Å²) in [4.78, 5) is 39.4. The highest BCUT2D eigenvalue weighted by Crippen LogP contribution is 2.25. The molecule has 172 valence electrons. The van der Waals surface area contributed by atoms with Gasteiger partial charge < -0.3 is 16.0 Å². The van der Waals surface area contributed by atoms with Gasteiger partial charge in [-0.25, -0.2) is 13.4 Å². The Kier molecular flexibility index (Phi) is 7.94. The molecule has 1 aromatic carbocycles. The highest BCUT2D eigenvalue weighted by atomic mass is 32.2. The van der Waals surface area contributed by atoms with Gasteiger partial charge in [0.25, 0.3) is 0 Å². The van der Waals surface area contributed by atoms with Crippen LogP contribution in [-0.2, 0) is 24.4 Å². The number of carbonyl (C=O) groups excluding carboxylic acids is 3. The first kappa shape index (κ1) is 23.8. The maximum atomic E-state index is 12.9. The maximum Gasteiger partial charge on any atom is 0.243 e. The number of nitrogens with zero attached hydrogens (tertiary/aromatic N) is 2. The number of benzene rings is 1. The fraction of sp³-hybridized carbons (Fsp3) is 0.400. The normalized spacial score (nSPS) is 15.2. The van der Waals surface area contributed by atoms with E-state index < -0.39 is 10.0 Å². The summed E-state index contributed by atoms with van der Waals surface area (Å²) in [5.74, 6) is -0.943. The Hall–Kier alpha value is -2.83. The molecule has 1 aromatic heterocycles. The van der Waals surface area contributed by atoms with E-state index in [1.807, 2.05) is 0 Å². The van der Waals surface area contributed by atoms with E-state index in [1.165, 1.54) is 34.7 Å². The van der Waals surface area contributed by atoms with Gasteiger partial charge in [-0.3, -0.25) is 14.4 Å². The van der Waals surface area contributed by atoms with Crippen molar-refractivity contribution in [1.82, 2.24) is 14.6 Å². The number of anilines is 2. The first-order valence-corrected chi connectivity index (χ1v) is 12.4. The van der Waals surface area contributed by atoms with E-state index in [0.717, 1.165) is 0 Å². The predicted molar refractivity (Wildman–Crippen MR) is 121 cm³/mol. The maximum absolute atomic E-state index is 12.9. The first-order valence-electron chi connectivity index (χ1n) is 10.1. The van der Waals surface area contributed by atoms with E-state index in [2.05, 4.69) is 20.9 Å². The Labute approximate surface area is 190 Å². The molecule has 0 bridgehead atoms. The highest BCUT2D eigenvalue weighted by Gasteiger charge is 2.32. The number of thiazole rings is 1. The summed E-state index contributed by atoms with van der Waals surface area (Å²) in [5.41, 5.74) is 0.521. The molecule has 0 aliphatic carbocycles. The van der Waals surface area contributed by atoms with Crippen molar-refractivity contribution in [1.29, 1.82) is 0 Å². The third-order valence-corrected chi connectivity index (χ3v) is 7.57. The van der Waals surface area contributed by atoms with Crippen LogP contribution in [0.25, 0.3) is 0 Å². The van der Waals surface area contributed by atoms with Crippen LogP contribution in [0, 0.1) is 5.92 Å². The van der Waals surface area contributed by atoms with Crippen LogP contribution >= 0.6 is 11.3 Å². The molecule has 2 heterocycles. The zero-order valence-corrected chi connectivity index (χ0v) is 19.2. The van der Waals surface area contributed by atoms with Crippen LogP contribution in [0.1, 0.15) is 26.2 Å². The third kappa shape index (κ3) is 6.34. The molecule has 3 N–H and O–H groups in total. The average molecular weight is 480 g/mol. The number of piperidine rings is 1. The molecule has 12 heteroatoms. The van der Waals surface area contributed by atoms with Crippen LogP contribution < -0.4 is 16.0 Å². The van der Waals surface area contributed by atoms with Gasteiger partial charge in [-0.05, 0) is 37.1 Å². The lowest BCUT2D eigenvalue weighted by molar-refractivity contribution is -0.126. The second kappa shape index (κ2) is 10.7. The van der Waals surface area contributed by atoms with Crippen LogP contribution in [0.4, 0.5) is 10.8 Å². The van der Waals surface area contributed by atoms with Crippen molar-refractivity contribution in [3.63, 3.8) is 0 Å². The molecule has 0 saturated carbocycles. The van der Waals surface area contributed by atoms with Crippen molar-refractivity contribution in [3.8, 4) is 0 Å². The van der Waals surface area contributed by atoms with Crippen LogP contribution in [0.2, 0.25) is 0 Å². The molecule has 2 aromatic rings. The lowest BCUT2D eigenvalue weighted by Gasteiger charge is -2.30. The topological polar surface area (TPSA) is 138 Å². The molecule has 0 radical (unpaired) electrons. The molecule has 1 fully saturated rings. The number of amides is 3. The van der Waals surface area contributed by atoms with Crippen LogP contribution in [0.5, 0.6) is 0 Å². The fourth-order valence-corrected chi connectivity index (χ4v) is 5.35. The molecule has 1 aliphatic rings. The van der Waals surface area contributed by atoms with Gasteiger partial charge in [-0.1, -0.05) is 0 Å². The summed E-state index contributed by atoms with van der Waals surface area (Å²) >= 11 is 1.32. The molecule has 32 heavy (non-hydrogen) atoms. The Balaban J connectivity index is 1.44.